The highest BCUT2D eigenvalue weighted by atomic mass is 79.9. The Hall–Kier alpha value is -1.44. The van der Waals surface area contributed by atoms with E-state index < -0.39 is 16.7 Å². The lowest BCUT2D eigenvalue weighted by atomic mass is 10.2. The molecule has 0 aliphatic rings. The van der Waals surface area contributed by atoms with Crippen LogP contribution in [0.2, 0.25) is 0 Å². The molecule has 0 bridgehead atoms. The molecular weight excluding hydrogens is 282 g/mol. The molecule has 1 aromatic rings. The molecule has 1 rings (SSSR count). The van der Waals surface area contributed by atoms with E-state index in [0.717, 1.165) is 4.68 Å². The Morgan fingerprint density at radius 1 is 1.75 bits per heavy atom. The number of carboxylic acids is 1. The van der Waals surface area contributed by atoms with E-state index in [9.17, 15) is 14.9 Å². The molecule has 0 amide bonds. The van der Waals surface area contributed by atoms with Crippen molar-refractivity contribution in [2.45, 2.75) is 26.3 Å². The number of rotatable bonds is 4. The highest BCUT2D eigenvalue weighted by Crippen LogP contribution is 2.30. The maximum atomic E-state index is 11.0. The van der Waals surface area contributed by atoms with E-state index in [2.05, 4.69) is 21.0 Å². The molecule has 0 aromatic carbocycles. The monoisotopic (exact) mass is 291 g/mol. The molecule has 0 saturated heterocycles. The van der Waals surface area contributed by atoms with E-state index in [0.29, 0.717) is 6.42 Å². The summed E-state index contributed by atoms with van der Waals surface area (Å²) in [7, 11) is 0. The Morgan fingerprint density at radius 3 is 2.69 bits per heavy atom. The molecule has 0 saturated carbocycles. The zero-order chi connectivity index (χ0) is 12.5. The SMILES string of the molecule is CCC(C)n1nc([N+](=O)[O-])c(Br)c1C(=O)O. The molecule has 1 unspecified atom stereocenters. The lowest BCUT2D eigenvalue weighted by Crippen LogP contribution is -2.14. The van der Waals surface area contributed by atoms with Crippen molar-refractivity contribution in [3.63, 3.8) is 0 Å². The van der Waals surface area contributed by atoms with Crippen LogP contribution in [0.4, 0.5) is 5.82 Å². The van der Waals surface area contributed by atoms with Crippen LogP contribution in [0.1, 0.15) is 36.8 Å². The summed E-state index contributed by atoms with van der Waals surface area (Å²) in [5.41, 5.74) is -0.193. The van der Waals surface area contributed by atoms with Crippen LogP contribution in [0.25, 0.3) is 0 Å². The van der Waals surface area contributed by atoms with Gasteiger partial charge >= 0.3 is 11.8 Å². The topological polar surface area (TPSA) is 98.3 Å². The van der Waals surface area contributed by atoms with Crippen molar-refractivity contribution in [3.8, 4) is 0 Å². The molecule has 0 fully saturated rings. The molecule has 88 valence electrons. The van der Waals surface area contributed by atoms with Gasteiger partial charge in [0.1, 0.15) is 0 Å². The molecule has 1 aromatic heterocycles. The first-order valence-electron chi connectivity index (χ1n) is 4.55. The molecule has 0 aliphatic heterocycles. The van der Waals surface area contributed by atoms with Gasteiger partial charge in [0.05, 0.1) is 11.1 Å². The lowest BCUT2D eigenvalue weighted by molar-refractivity contribution is -0.390. The molecule has 0 spiro atoms. The van der Waals surface area contributed by atoms with Gasteiger partial charge in [-0.05, 0) is 34.2 Å². The predicted octanol–water partition coefficient (Wildman–Crippen LogP) is 2.22. The highest BCUT2D eigenvalue weighted by Gasteiger charge is 2.31. The number of halogens is 1. The molecule has 7 nitrogen and oxygen atoms in total. The van der Waals surface area contributed by atoms with Crippen LogP contribution in [-0.4, -0.2) is 25.8 Å². The fraction of sp³-hybridized carbons (Fsp3) is 0.500. The summed E-state index contributed by atoms with van der Waals surface area (Å²) in [6.07, 6.45) is 0.631. The number of hydrogen-bond acceptors (Lipinski definition) is 4. The standard InChI is InChI=1S/C8H10BrN3O4/c1-3-4(2)11-6(8(13)14)5(9)7(10-11)12(15)16/h4H,3H2,1-2H3,(H,13,14). The van der Waals surface area contributed by atoms with Gasteiger partial charge in [-0.15, -0.1) is 0 Å². The van der Waals surface area contributed by atoms with Gasteiger partial charge in [-0.3, -0.25) is 0 Å². The Labute approximate surface area is 99.3 Å². The first-order chi connectivity index (χ1) is 7.40. The maximum absolute atomic E-state index is 11.0. The second-order valence-corrected chi connectivity index (χ2v) is 4.04. The van der Waals surface area contributed by atoms with Gasteiger partial charge < -0.3 is 15.2 Å². The summed E-state index contributed by atoms with van der Waals surface area (Å²) in [5.74, 6) is -1.72. The number of carbonyl (C=O) groups is 1. The number of aromatic nitrogens is 2. The minimum absolute atomic E-state index is 0.0923. The summed E-state index contributed by atoms with van der Waals surface area (Å²) in [5, 5.41) is 23.3. The third-order valence-corrected chi connectivity index (χ3v) is 2.95. The van der Waals surface area contributed by atoms with Crippen molar-refractivity contribution in [2.75, 3.05) is 0 Å². The normalized spacial score (nSPS) is 12.4. The molecule has 1 atom stereocenters. The molecule has 16 heavy (non-hydrogen) atoms. The third-order valence-electron chi connectivity index (χ3n) is 2.22. The van der Waals surface area contributed by atoms with Gasteiger partial charge in [0.15, 0.2) is 10.2 Å². The van der Waals surface area contributed by atoms with Crippen molar-refractivity contribution < 1.29 is 14.8 Å². The van der Waals surface area contributed by atoms with Crippen LogP contribution in [0.15, 0.2) is 4.47 Å². The largest absolute Gasteiger partial charge is 0.476 e. The molecule has 0 aliphatic carbocycles. The fourth-order valence-electron chi connectivity index (χ4n) is 1.20. The highest BCUT2D eigenvalue weighted by molar-refractivity contribution is 9.10. The number of aromatic carboxylic acids is 1. The van der Waals surface area contributed by atoms with Crippen LogP contribution >= 0.6 is 15.9 Å². The molecular formula is C8H10BrN3O4. The first-order valence-corrected chi connectivity index (χ1v) is 5.35. The van der Waals surface area contributed by atoms with Crippen molar-refractivity contribution in [1.82, 2.24) is 9.78 Å². The minimum atomic E-state index is -1.24. The smallest absolute Gasteiger partial charge is 0.405 e. The predicted molar refractivity (Wildman–Crippen MR) is 58.5 cm³/mol. The minimum Gasteiger partial charge on any atom is -0.476 e. The summed E-state index contributed by atoms with van der Waals surface area (Å²) < 4.78 is 1.06. The van der Waals surface area contributed by atoms with Crippen LogP contribution in [0.3, 0.4) is 0 Å². The number of carboxylic acid groups (broad SMARTS) is 1. The summed E-state index contributed by atoms with van der Waals surface area (Å²) in [6, 6.07) is -0.212. The van der Waals surface area contributed by atoms with Gasteiger partial charge in [0.2, 0.25) is 0 Å². The molecule has 0 radical (unpaired) electrons. The van der Waals surface area contributed by atoms with Crippen molar-refractivity contribution >= 4 is 27.7 Å². The van der Waals surface area contributed by atoms with E-state index in [1.807, 2.05) is 6.92 Å². The van der Waals surface area contributed by atoms with Gasteiger partial charge in [0, 0.05) is 0 Å². The van der Waals surface area contributed by atoms with E-state index in [1.165, 1.54) is 0 Å². The van der Waals surface area contributed by atoms with Gasteiger partial charge in [0.25, 0.3) is 0 Å². The summed E-state index contributed by atoms with van der Waals surface area (Å²) in [6.45, 7) is 3.59. The van der Waals surface area contributed by atoms with Gasteiger partial charge in [-0.1, -0.05) is 6.92 Å². The van der Waals surface area contributed by atoms with Crippen molar-refractivity contribution in [2.24, 2.45) is 0 Å². The first kappa shape index (κ1) is 12.6. The average molecular weight is 292 g/mol. The average Bonchev–Trinajstić information content (AvgIpc) is 2.54. The second-order valence-electron chi connectivity index (χ2n) is 3.25. The Balaban J connectivity index is 3.42. The van der Waals surface area contributed by atoms with Crippen molar-refractivity contribution in [1.29, 1.82) is 0 Å². The maximum Gasteiger partial charge on any atom is 0.405 e. The van der Waals surface area contributed by atoms with E-state index in [-0.39, 0.29) is 16.2 Å². The Morgan fingerprint density at radius 2 is 2.31 bits per heavy atom. The third kappa shape index (κ3) is 2.06. The van der Waals surface area contributed by atoms with E-state index >= 15 is 0 Å². The number of hydrogen-bond donors (Lipinski definition) is 1. The molecule has 1 N–H and O–H groups in total. The van der Waals surface area contributed by atoms with E-state index in [4.69, 9.17) is 5.11 Å². The zero-order valence-electron chi connectivity index (χ0n) is 8.68. The van der Waals surface area contributed by atoms with Crippen LogP contribution < -0.4 is 0 Å². The summed E-state index contributed by atoms with van der Waals surface area (Å²) >= 11 is 2.89. The lowest BCUT2D eigenvalue weighted by Gasteiger charge is -2.06. The van der Waals surface area contributed by atoms with E-state index in [1.54, 1.807) is 6.92 Å². The summed E-state index contributed by atoms with van der Waals surface area (Å²) in [4.78, 5) is 20.9. The Bertz CT molecular complexity index is 443. The van der Waals surface area contributed by atoms with Crippen LogP contribution in [0.5, 0.6) is 0 Å². The van der Waals surface area contributed by atoms with Crippen LogP contribution in [-0.2, 0) is 0 Å². The van der Waals surface area contributed by atoms with Gasteiger partial charge in [-0.2, -0.15) is 4.68 Å². The van der Waals surface area contributed by atoms with Gasteiger partial charge in [-0.25, -0.2) is 4.79 Å². The zero-order valence-corrected chi connectivity index (χ0v) is 10.3. The Kier molecular flexibility index (Phi) is 3.63. The molecule has 8 heteroatoms. The fourth-order valence-corrected chi connectivity index (χ4v) is 1.78. The molecule has 1 heterocycles. The van der Waals surface area contributed by atoms with Crippen molar-refractivity contribution in [3.05, 3.63) is 20.3 Å². The van der Waals surface area contributed by atoms with Crippen LogP contribution in [0, 0.1) is 10.1 Å². The number of nitro groups is 1. The number of nitrogens with zero attached hydrogens (tertiary/aromatic N) is 3. The quantitative estimate of drug-likeness (QED) is 0.677. The second kappa shape index (κ2) is 4.60.